The Hall–Kier alpha value is -1.91. The van der Waals surface area contributed by atoms with Crippen molar-refractivity contribution in [3.8, 4) is 11.5 Å². The van der Waals surface area contributed by atoms with Crippen LogP contribution in [0.4, 0.5) is 0 Å². The minimum atomic E-state index is 0. The monoisotopic (exact) mass is 374 g/mol. The number of methoxy groups -OCH3 is 2. The molecule has 2 aromatic carbocycles. The number of hydrogen-bond donors (Lipinski definition) is 1. The molecule has 0 spiro atoms. The van der Waals surface area contributed by atoms with E-state index in [2.05, 4.69) is 41.8 Å². The average molecular weight is 375 g/mol. The van der Waals surface area contributed by atoms with Gasteiger partial charge in [0.25, 0.3) is 0 Å². The van der Waals surface area contributed by atoms with E-state index in [9.17, 15) is 0 Å². The number of ether oxygens (including phenoxy) is 2. The summed E-state index contributed by atoms with van der Waals surface area (Å²) in [6.07, 6.45) is 2.73. The SMILES string of the molecule is COc1ccc2c3ccc(OC)c(C)c3n(CC[NH+]3CCCC3)c2c1.[Cl-]. The van der Waals surface area contributed by atoms with E-state index in [-0.39, 0.29) is 12.4 Å². The molecule has 1 aromatic heterocycles. The van der Waals surface area contributed by atoms with Crippen LogP contribution in [0, 0.1) is 6.92 Å². The summed E-state index contributed by atoms with van der Waals surface area (Å²) < 4.78 is 13.5. The number of aromatic nitrogens is 1. The van der Waals surface area contributed by atoms with Gasteiger partial charge in [-0.2, -0.15) is 0 Å². The fraction of sp³-hybridized carbons (Fsp3) is 0.429. The lowest BCUT2D eigenvalue weighted by molar-refractivity contribution is -0.887. The number of nitrogens with one attached hydrogen (secondary N) is 1. The highest BCUT2D eigenvalue weighted by molar-refractivity contribution is 6.10. The van der Waals surface area contributed by atoms with Gasteiger partial charge >= 0.3 is 0 Å². The summed E-state index contributed by atoms with van der Waals surface area (Å²) >= 11 is 0. The van der Waals surface area contributed by atoms with Gasteiger partial charge in [-0.3, -0.25) is 0 Å². The highest BCUT2D eigenvalue weighted by Gasteiger charge is 2.19. The lowest BCUT2D eigenvalue weighted by atomic mass is 10.1. The molecule has 5 heteroatoms. The molecule has 0 saturated carbocycles. The van der Waals surface area contributed by atoms with Gasteiger partial charge in [-0.1, -0.05) is 0 Å². The molecule has 1 aliphatic heterocycles. The second-order valence-electron chi connectivity index (χ2n) is 7.03. The van der Waals surface area contributed by atoms with Crippen molar-refractivity contribution in [2.75, 3.05) is 33.9 Å². The Morgan fingerprint density at radius 3 is 2.42 bits per heavy atom. The third-order valence-electron chi connectivity index (χ3n) is 5.66. The van der Waals surface area contributed by atoms with E-state index in [0.717, 1.165) is 18.0 Å². The van der Waals surface area contributed by atoms with Crippen LogP contribution in [0.15, 0.2) is 30.3 Å². The second kappa shape index (κ2) is 7.77. The molecular weight excluding hydrogens is 348 g/mol. The lowest BCUT2D eigenvalue weighted by Crippen LogP contribution is -3.10. The molecule has 140 valence electrons. The Morgan fingerprint density at radius 2 is 1.73 bits per heavy atom. The van der Waals surface area contributed by atoms with Crippen molar-refractivity contribution in [2.45, 2.75) is 26.3 Å². The fourth-order valence-electron chi connectivity index (χ4n) is 4.31. The Morgan fingerprint density at radius 1 is 1.00 bits per heavy atom. The largest absolute Gasteiger partial charge is 1.00 e. The maximum atomic E-state index is 5.58. The van der Waals surface area contributed by atoms with E-state index in [1.54, 1.807) is 19.1 Å². The van der Waals surface area contributed by atoms with Crippen LogP contribution in [-0.4, -0.2) is 38.4 Å². The summed E-state index contributed by atoms with van der Waals surface area (Å²) in [5, 5.41) is 2.59. The van der Waals surface area contributed by atoms with Gasteiger partial charge in [0.15, 0.2) is 0 Å². The third kappa shape index (κ3) is 3.12. The molecule has 4 nitrogen and oxygen atoms in total. The van der Waals surface area contributed by atoms with Gasteiger partial charge in [0.1, 0.15) is 11.5 Å². The zero-order valence-electron chi connectivity index (χ0n) is 15.8. The smallest absolute Gasteiger partial charge is 0.123 e. The Bertz CT molecular complexity index is 913. The first-order chi connectivity index (χ1) is 12.2. The van der Waals surface area contributed by atoms with Crippen LogP contribution < -0.4 is 26.8 Å². The normalized spacial score (nSPS) is 14.7. The molecule has 1 saturated heterocycles. The van der Waals surface area contributed by atoms with Crippen LogP contribution in [0.5, 0.6) is 11.5 Å². The standard InChI is InChI=1S/C21H26N2O2.ClH/c1-15-20(25-3)9-8-18-17-7-6-16(24-2)14-19(17)23(21(15)18)13-12-22-10-4-5-11-22;/h6-9,14H,4-5,10-13H2,1-3H3;1H. The minimum absolute atomic E-state index is 0. The summed E-state index contributed by atoms with van der Waals surface area (Å²) in [7, 11) is 3.48. The fourth-order valence-corrected chi connectivity index (χ4v) is 4.31. The molecule has 0 atom stereocenters. The summed E-state index contributed by atoms with van der Waals surface area (Å²) in [5.41, 5.74) is 3.76. The number of likely N-dealkylation sites (tertiary alicyclic amines) is 1. The zero-order chi connectivity index (χ0) is 17.4. The summed E-state index contributed by atoms with van der Waals surface area (Å²) in [4.78, 5) is 1.72. The highest BCUT2D eigenvalue weighted by atomic mass is 35.5. The zero-order valence-corrected chi connectivity index (χ0v) is 16.5. The molecule has 0 unspecified atom stereocenters. The number of hydrogen-bond acceptors (Lipinski definition) is 2. The molecule has 1 fully saturated rings. The van der Waals surface area contributed by atoms with Crippen molar-refractivity contribution >= 4 is 21.8 Å². The van der Waals surface area contributed by atoms with Gasteiger partial charge in [-0.25, -0.2) is 0 Å². The molecule has 4 rings (SSSR count). The molecule has 1 aliphatic rings. The van der Waals surface area contributed by atoms with Crippen LogP contribution in [0.3, 0.4) is 0 Å². The first-order valence-electron chi connectivity index (χ1n) is 9.20. The predicted octanol–water partition coefficient (Wildman–Crippen LogP) is -0.197. The van der Waals surface area contributed by atoms with E-state index < -0.39 is 0 Å². The molecule has 26 heavy (non-hydrogen) atoms. The maximum absolute atomic E-state index is 5.58. The number of rotatable bonds is 5. The van der Waals surface area contributed by atoms with Crippen LogP contribution in [0.2, 0.25) is 0 Å². The Labute approximate surface area is 161 Å². The first-order valence-corrected chi connectivity index (χ1v) is 9.20. The number of nitrogens with zero attached hydrogens (tertiary/aromatic N) is 1. The van der Waals surface area contributed by atoms with Crippen LogP contribution in [-0.2, 0) is 6.54 Å². The maximum Gasteiger partial charge on any atom is 0.123 e. The van der Waals surface area contributed by atoms with E-state index in [0.29, 0.717) is 0 Å². The summed E-state index contributed by atoms with van der Waals surface area (Å²) in [6.45, 7) is 6.98. The molecule has 0 bridgehead atoms. The Kier molecular flexibility index (Phi) is 5.64. The molecule has 0 amide bonds. The van der Waals surface area contributed by atoms with Gasteiger partial charge in [-0.05, 0) is 31.2 Å². The number of benzene rings is 2. The summed E-state index contributed by atoms with van der Waals surface area (Å²) in [5.74, 6) is 1.87. The van der Waals surface area contributed by atoms with E-state index in [1.165, 1.54) is 59.8 Å². The van der Waals surface area contributed by atoms with Gasteiger partial charge < -0.3 is 31.3 Å². The van der Waals surface area contributed by atoms with Gasteiger partial charge in [0.2, 0.25) is 0 Å². The van der Waals surface area contributed by atoms with Crippen molar-refractivity contribution in [3.05, 3.63) is 35.9 Å². The van der Waals surface area contributed by atoms with Gasteiger partial charge in [0, 0.05) is 35.2 Å². The number of fused-ring (bicyclic) bond motifs is 3. The molecule has 3 aromatic rings. The number of quaternary nitrogens is 1. The van der Waals surface area contributed by atoms with E-state index >= 15 is 0 Å². The van der Waals surface area contributed by atoms with Crippen molar-refractivity contribution in [3.63, 3.8) is 0 Å². The van der Waals surface area contributed by atoms with Crippen LogP contribution in [0.1, 0.15) is 18.4 Å². The third-order valence-corrected chi connectivity index (χ3v) is 5.66. The van der Waals surface area contributed by atoms with Crippen LogP contribution >= 0.6 is 0 Å². The minimum Gasteiger partial charge on any atom is -1.00 e. The molecule has 0 aliphatic carbocycles. The first kappa shape index (κ1) is 18.9. The van der Waals surface area contributed by atoms with Crippen molar-refractivity contribution in [1.29, 1.82) is 0 Å². The molecule has 2 heterocycles. The number of halogens is 1. The highest BCUT2D eigenvalue weighted by Crippen LogP contribution is 2.36. The predicted molar refractivity (Wildman–Crippen MR) is 102 cm³/mol. The van der Waals surface area contributed by atoms with Crippen LogP contribution in [0.25, 0.3) is 21.8 Å². The molecule has 0 radical (unpaired) electrons. The van der Waals surface area contributed by atoms with Gasteiger partial charge in [0.05, 0.1) is 51.4 Å². The average Bonchev–Trinajstić information content (AvgIpc) is 3.26. The van der Waals surface area contributed by atoms with E-state index in [4.69, 9.17) is 9.47 Å². The second-order valence-corrected chi connectivity index (χ2v) is 7.03. The van der Waals surface area contributed by atoms with Crippen molar-refractivity contribution in [2.24, 2.45) is 0 Å². The summed E-state index contributed by atoms with van der Waals surface area (Å²) in [6, 6.07) is 10.7. The molecular formula is C21H27ClN2O2. The lowest BCUT2D eigenvalue weighted by Gasteiger charge is -2.15. The quantitative estimate of drug-likeness (QED) is 0.670. The van der Waals surface area contributed by atoms with Crippen molar-refractivity contribution in [1.82, 2.24) is 4.57 Å². The van der Waals surface area contributed by atoms with Crippen molar-refractivity contribution < 1.29 is 26.8 Å². The topological polar surface area (TPSA) is 27.8 Å². The molecule has 1 N–H and O–H groups in total. The Balaban J connectivity index is 0.00000196. The number of aryl methyl sites for hydroxylation is 1. The van der Waals surface area contributed by atoms with E-state index in [1.807, 2.05) is 0 Å². The van der Waals surface area contributed by atoms with Gasteiger partial charge in [-0.15, -0.1) is 0 Å².